The maximum Gasteiger partial charge on any atom is 0.199 e. The van der Waals surface area contributed by atoms with E-state index in [1.807, 2.05) is 68.3 Å². The molecule has 6 aromatic heterocycles. The van der Waals surface area contributed by atoms with Crippen LogP contribution in [0.15, 0.2) is 108 Å². The number of fused-ring (bicyclic) bond motifs is 4. The van der Waals surface area contributed by atoms with Crippen molar-refractivity contribution in [3.05, 3.63) is 131 Å². The minimum Gasteiger partial charge on any atom is -0.378 e. The first-order valence-electron chi connectivity index (χ1n) is 24.0. The third-order valence-electron chi connectivity index (χ3n) is 13.6. The van der Waals surface area contributed by atoms with Gasteiger partial charge in [-0.1, -0.05) is 0 Å². The third kappa shape index (κ3) is 9.16. The Balaban J connectivity index is 0.000000156. The molecule has 72 heavy (non-hydrogen) atoms. The summed E-state index contributed by atoms with van der Waals surface area (Å²) < 4.78 is 65.8. The van der Waals surface area contributed by atoms with Crippen LogP contribution in [0.4, 0.5) is 42.9 Å². The first-order valence-corrected chi connectivity index (χ1v) is 26.7. The Hall–Kier alpha value is -6.86. The molecule has 4 aliphatic heterocycles. The molecule has 0 aliphatic carbocycles. The lowest BCUT2D eigenvalue weighted by Crippen LogP contribution is -2.37. The molecule has 12 rings (SSSR count). The summed E-state index contributed by atoms with van der Waals surface area (Å²) in [5, 5.41) is 2.72. The summed E-state index contributed by atoms with van der Waals surface area (Å²) in [5.41, 5.74) is 13.3. The van der Waals surface area contributed by atoms with Crippen LogP contribution >= 0.6 is 11.8 Å². The fourth-order valence-electron chi connectivity index (χ4n) is 9.99. The molecule has 0 saturated carbocycles. The van der Waals surface area contributed by atoms with Gasteiger partial charge in [0.05, 0.1) is 113 Å². The van der Waals surface area contributed by atoms with Gasteiger partial charge in [-0.15, -0.1) is 11.8 Å². The molecule has 368 valence electrons. The van der Waals surface area contributed by atoms with Crippen LogP contribution in [0.25, 0.3) is 44.6 Å². The zero-order valence-electron chi connectivity index (χ0n) is 40.4. The number of aromatic nitrogens is 6. The number of benzene rings is 2. The summed E-state index contributed by atoms with van der Waals surface area (Å²) in [6, 6.07) is 21.4. The Morgan fingerprint density at radius 2 is 1.07 bits per heavy atom. The lowest BCUT2D eigenvalue weighted by atomic mass is 10.0. The van der Waals surface area contributed by atoms with E-state index in [9.17, 15) is 17.2 Å². The van der Waals surface area contributed by atoms with Gasteiger partial charge >= 0.3 is 0 Å². The van der Waals surface area contributed by atoms with Crippen LogP contribution in [0.2, 0.25) is 0 Å². The molecule has 10 heterocycles. The van der Waals surface area contributed by atoms with E-state index in [0.717, 1.165) is 116 Å². The predicted molar refractivity (Wildman–Crippen MR) is 280 cm³/mol. The molecule has 8 aromatic rings. The minimum absolute atomic E-state index is 0.0532. The van der Waals surface area contributed by atoms with Gasteiger partial charge in [0.2, 0.25) is 0 Å². The molecule has 0 radical (unpaired) electrons. The van der Waals surface area contributed by atoms with Gasteiger partial charge in [0, 0.05) is 91.4 Å². The number of hydrogen-bond acceptors (Lipinski definition) is 15. The maximum absolute atomic E-state index is 14.3. The van der Waals surface area contributed by atoms with Crippen molar-refractivity contribution in [2.45, 2.75) is 37.7 Å². The summed E-state index contributed by atoms with van der Waals surface area (Å²) in [6.45, 7) is 14.9. The van der Waals surface area contributed by atoms with Gasteiger partial charge in [0.15, 0.2) is 14.9 Å². The van der Waals surface area contributed by atoms with Crippen molar-refractivity contribution in [3.63, 3.8) is 0 Å². The summed E-state index contributed by atoms with van der Waals surface area (Å²) in [7, 11) is -3.56. The van der Waals surface area contributed by atoms with E-state index < -0.39 is 15.7 Å². The van der Waals surface area contributed by atoms with Crippen molar-refractivity contribution in [1.82, 2.24) is 29.9 Å². The standard InChI is InChI=1S/C27H26FN5O3S.C27H26FN5OS/c1-17-5-6-29-23(13-17)25-18(2)26(21-4-3-19(28)14-22(21)31-25)33-9-12-37(34,35)27-24(33)15-20(16-30-27)32-7-10-36-11-8-32;1-17-5-6-29-23(13-17)25-18(2)26(21-4-3-19(28)14-22(21)31-25)33-9-12-35-27-24(33)15-20(16-30-27)32-7-10-34-11-8-32/h3-6,13-16H,7-12H2,1-2H3;3-6,13-16H,7-12H2,1-2H3. The van der Waals surface area contributed by atoms with Crippen LogP contribution in [0.5, 0.6) is 0 Å². The average Bonchev–Trinajstić information content (AvgIpc) is 3.39. The molecule has 2 fully saturated rings. The number of anilines is 6. The minimum atomic E-state index is -3.56. The van der Waals surface area contributed by atoms with Gasteiger partial charge in [0.1, 0.15) is 16.7 Å². The summed E-state index contributed by atoms with van der Waals surface area (Å²) in [5.74, 6) is 0.149. The molecular formula is C54H52F2N10O4S2. The van der Waals surface area contributed by atoms with Crippen LogP contribution in [-0.4, -0.2) is 116 Å². The first kappa shape index (κ1) is 47.5. The van der Waals surface area contributed by atoms with E-state index in [4.69, 9.17) is 24.4 Å². The summed E-state index contributed by atoms with van der Waals surface area (Å²) in [6.07, 6.45) is 7.12. The quantitative estimate of drug-likeness (QED) is 0.156. The van der Waals surface area contributed by atoms with Crippen molar-refractivity contribution >= 4 is 77.5 Å². The molecule has 14 nitrogen and oxygen atoms in total. The third-order valence-corrected chi connectivity index (χ3v) is 16.2. The normalized spacial score (nSPS) is 16.6. The van der Waals surface area contributed by atoms with Crippen LogP contribution in [0, 0.1) is 39.3 Å². The Bertz CT molecular complexity index is 3520. The highest BCUT2D eigenvalue weighted by atomic mass is 32.2. The van der Waals surface area contributed by atoms with Crippen molar-refractivity contribution in [2.24, 2.45) is 0 Å². The number of ether oxygens (including phenoxy) is 2. The van der Waals surface area contributed by atoms with E-state index in [-0.39, 0.29) is 23.1 Å². The molecule has 0 amide bonds. The maximum atomic E-state index is 14.3. The number of hydrogen-bond donors (Lipinski definition) is 0. The predicted octanol–water partition coefficient (Wildman–Crippen LogP) is 9.74. The van der Waals surface area contributed by atoms with Crippen molar-refractivity contribution in [2.75, 3.05) is 96.8 Å². The Morgan fingerprint density at radius 1 is 0.569 bits per heavy atom. The first-order chi connectivity index (χ1) is 34.9. The lowest BCUT2D eigenvalue weighted by Gasteiger charge is -2.35. The van der Waals surface area contributed by atoms with Crippen molar-refractivity contribution in [3.8, 4) is 22.8 Å². The average molecular weight is 1010 g/mol. The monoisotopic (exact) mass is 1010 g/mol. The van der Waals surface area contributed by atoms with Crippen LogP contribution in [0.1, 0.15) is 22.3 Å². The Labute approximate surface area is 421 Å². The summed E-state index contributed by atoms with van der Waals surface area (Å²) in [4.78, 5) is 36.9. The number of nitrogens with zero attached hydrogens (tertiary/aromatic N) is 10. The second kappa shape index (κ2) is 19.6. The number of pyridine rings is 6. The van der Waals surface area contributed by atoms with Gasteiger partial charge < -0.3 is 29.1 Å². The number of halogens is 2. The van der Waals surface area contributed by atoms with Gasteiger partial charge in [-0.2, -0.15) is 0 Å². The van der Waals surface area contributed by atoms with E-state index in [2.05, 4.69) is 42.6 Å². The molecule has 2 saturated heterocycles. The highest BCUT2D eigenvalue weighted by Gasteiger charge is 2.34. The Morgan fingerprint density at radius 3 is 1.60 bits per heavy atom. The number of thioether (sulfide) groups is 1. The van der Waals surface area contributed by atoms with Gasteiger partial charge in [-0.3, -0.25) is 9.97 Å². The van der Waals surface area contributed by atoms with Crippen molar-refractivity contribution in [1.29, 1.82) is 0 Å². The number of aryl methyl sites for hydroxylation is 2. The molecule has 0 spiro atoms. The molecule has 0 atom stereocenters. The number of morpholine rings is 2. The molecule has 0 bridgehead atoms. The van der Waals surface area contributed by atoms with Crippen LogP contribution in [-0.2, 0) is 19.3 Å². The topological polar surface area (TPSA) is 143 Å². The second-order valence-electron chi connectivity index (χ2n) is 18.3. The van der Waals surface area contributed by atoms with Crippen LogP contribution in [0.3, 0.4) is 0 Å². The van der Waals surface area contributed by atoms with E-state index in [0.29, 0.717) is 54.4 Å². The highest BCUT2D eigenvalue weighted by molar-refractivity contribution is 7.99. The zero-order valence-corrected chi connectivity index (χ0v) is 42.0. The van der Waals surface area contributed by atoms with Gasteiger partial charge in [-0.25, -0.2) is 37.1 Å². The Kier molecular flexibility index (Phi) is 12.9. The van der Waals surface area contributed by atoms with Crippen molar-refractivity contribution < 1.29 is 26.7 Å². The molecule has 2 aromatic carbocycles. The largest absolute Gasteiger partial charge is 0.378 e. The number of rotatable bonds is 6. The fourth-order valence-corrected chi connectivity index (χ4v) is 12.2. The molecule has 4 aliphatic rings. The van der Waals surface area contributed by atoms with E-state index in [1.165, 1.54) is 24.3 Å². The smallest absolute Gasteiger partial charge is 0.199 e. The summed E-state index contributed by atoms with van der Waals surface area (Å²) >= 11 is 1.77. The van der Waals surface area contributed by atoms with Gasteiger partial charge in [-0.05, 0) is 99.5 Å². The molecule has 0 unspecified atom stereocenters. The molecule has 18 heteroatoms. The molecular weight excluding hydrogens is 955 g/mol. The van der Waals surface area contributed by atoms with Crippen LogP contribution < -0.4 is 19.6 Å². The van der Waals surface area contributed by atoms with E-state index >= 15 is 0 Å². The SMILES string of the molecule is Cc1ccnc(-c2nc3cc(F)ccc3c(N3CCS(=O)(=O)c4ncc(N5CCOCC5)cc43)c2C)c1.Cc1ccnc(-c2nc3cc(F)ccc3c(N3CCSc4ncc(N5CCOCC5)cc43)c2C)c1. The second-order valence-corrected chi connectivity index (χ2v) is 21.4. The lowest BCUT2D eigenvalue weighted by molar-refractivity contribution is 0.122. The van der Waals surface area contributed by atoms with E-state index in [1.54, 1.807) is 36.4 Å². The number of sulfone groups is 1. The molecule has 0 N–H and O–H groups in total. The zero-order chi connectivity index (χ0) is 49.7. The highest BCUT2D eigenvalue weighted by Crippen LogP contribution is 2.46. The van der Waals surface area contributed by atoms with Gasteiger partial charge in [0.25, 0.3) is 0 Å². The fraction of sp³-hybridized carbons (Fsp3) is 0.296.